The highest BCUT2D eigenvalue weighted by Gasteiger charge is 2.08. The summed E-state index contributed by atoms with van der Waals surface area (Å²) in [4.78, 5) is 24.7. The van der Waals surface area contributed by atoms with Crippen molar-refractivity contribution in [2.24, 2.45) is 0 Å². The summed E-state index contributed by atoms with van der Waals surface area (Å²) in [7, 11) is 0. The molecule has 0 unspecified atom stereocenters. The van der Waals surface area contributed by atoms with Gasteiger partial charge in [-0.1, -0.05) is 0 Å². The van der Waals surface area contributed by atoms with Gasteiger partial charge in [0.1, 0.15) is 5.82 Å². The van der Waals surface area contributed by atoms with Crippen molar-refractivity contribution >= 4 is 17.2 Å². The maximum Gasteiger partial charge on any atom is 0.221 e. The third-order valence-corrected chi connectivity index (χ3v) is 4.16. The van der Waals surface area contributed by atoms with Gasteiger partial charge in [-0.2, -0.15) is 0 Å². The van der Waals surface area contributed by atoms with Gasteiger partial charge in [0.25, 0.3) is 0 Å². The Morgan fingerprint density at radius 2 is 2.17 bits per heavy atom. The van der Waals surface area contributed by atoms with E-state index in [2.05, 4.69) is 35.8 Å². The lowest BCUT2D eigenvalue weighted by Crippen LogP contribution is -2.27. The molecule has 3 aromatic heterocycles. The first-order valence-electron chi connectivity index (χ1n) is 7.43. The van der Waals surface area contributed by atoms with E-state index in [1.165, 1.54) is 11.3 Å². The summed E-state index contributed by atoms with van der Waals surface area (Å²) in [6, 6.07) is 1.77. The minimum atomic E-state index is -0.0354. The third kappa shape index (κ3) is 4.16. The molecule has 1 amide bonds. The summed E-state index contributed by atoms with van der Waals surface area (Å²) in [5.41, 5.74) is 0.916. The van der Waals surface area contributed by atoms with E-state index in [4.69, 9.17) is 0 Å². The molecular formula is C14H16N8OS. The van der Waals surface area contributed by atoms with Gasteiger partial charge in [-0.25, -0.2) is 19.6 Å². The molecule has 10 heteroatoms. The summed E-state index contributed by atoms with van der Waals surface area (Å²) in [6.45, 7) is 2.80. The van der Waals surface area contributed by atoms with Crippen LogP contribution in [0.25, 0.3) is 10.8 Å². The normalized spacial score (nSPS) is 10.7. The first-order valence-corrected chi connectivity index (χ1v) is 8.31. The number of hydrogen-bond acceptors (Lipinski definition) is 8. The van der Waals surface area contributed by atoms with Crippen LogP contribution in [0.1, 0.15) is 17.9 Å². The van der Waals surface area contributed by atoms with Crippen molar-refractivity contribution in [2.45, 2.75) is 26.3 Å². The Labute approximate surface area is 142 Å². The summed E-state index contributed by atoms with van der Waals surface area (Å²) < 4.78 is 1.60. The standard InChI is InChI=1S/C14H16N8OS/c1-10-19-20-21-22(10)8-4-12(23)15-7-3-11-9-24-14(18-11)13-16-5-2-6-17-13/h2,5-6,9H,3-4,7-8H2,1H3,(H,15,23). The Morgan fingerprint density at radius 1 is 1.33 bits per heavy atom. The van der Waals surface area contributed by atoms with Crippen molar-refractivity contribution in [1.82, 2.24) is 40.5 Å². The average molecular weight is 344 g/mol. The number of aryl methyl sites for hydroxylation is 2. The van der Waals surface area contributed by atoms with Crippen LogP contribution in [-0.4, -0.2) is 47.6 Å². The van der Waals surface area contributed by atoms with Gasteiger partial charge < -0.3 is 5.32 Å². The van der Waals surface area contributed by atoms with E-state index in [1.807, 2.05) is 5.38 Å². The number of aromatic nitrogens is 7. The zero-order chi connectivity index (χ0) is 16.8. The predicted molar refractivity (Wildman–Crippen MR) is 87.0 cm³/mol. The molecule has 0 aromatic carbocycles. The highest BCUT2D eigenvalue weighted by molar-refractivity contribution is 7.13. The lowest BCUT2D eigenvalue weighted by atomic mass is 10.3. The summed E-state index contributed by atoms with van der Waals surface area (Å²) in [5.74, 6) is 1.28. The van der Waals surface area contributed by atoms with Crippen LogP contribution in [0.15, 0.2) is 23.8 Å². The number of carbonyl (C=O) groups excluding carboxylic acids is 1. The maximum atomic E-state index is 11.8. The van der Waals surface area contributed by atoms with Crippen LogP contribution in [-0.2, 0) is 17.8 Å². The summed E-state index contributed by atoms with van der Waals surface area (Å²) in [5, 5.41) is 16.7. The average Bonchev–Trinajstić information content (AvgIpc) is 3.23. The number of carbonyl (C=O) groups is 1. The second kappa shape index (κ2) is 7.68. The Hall–Kier alpha value is -2.75. The highest BCUT2D eigenvalue weighted by atomic mass is 32.1. The molecule has 9 nitrogen and oxygen atoms in total. The van der Waals surface area contributed by atoms with E-state index < -0.39 is 0 Å². The molecule has 0 aliphatic rings. The Bertz CT molecular complexity index is 800. The molecule has 0 atom stereocenters. The number of amides is 1. The zero-order valence-electron chi connectivity index (χ0n) is 13.1. The summed E-state index contributed by atoms with van der Waals surface area (Å²) >= 11 is 1.50. The molecule has 3 aromatic rings. The van der Waals surface area contributed by atoms with Gasteiger partial charge in [0.15, 0.2) is 10.8 Å². The van der Waals surface area contributed by atoms with Crippen molar-refractivity contribution in [1.29, 1.82) is 0 Å². The van der Waals surface area contributed by atoms with Crippen molar-refractivity contribution in [3.63, 3.8) is 0 Å². The van der Waals surface area contributed by atoms with Gasteiger partial charge in [0.05, 0.1) is 12.2 Å². The van der Waals surface area contributed by atoms with Crippen molar-refractivity contribution in [3.05, 3.63) is 35.4 Å². The van der Waals surface area contributed by atoms with Gasteiger partial charge in [-0.05, 0) is 23.4 Å². The molecule has 0 spiro atoms. The number of tetrazole rings is 1. The van der Waals surface area contributed by atoms with Crippen LogP contribution in [0.5, 0.6) is 0 Å². The highest BCUT2D eigenvalue weighted by Crippen LogP contribution is 2.19. The monoisotopic (exact) mass is 344 g/mol. The number of hydrogen-bond donors (Lipinski definition) is 1. The molecule has 124 valence electrons. The van der Waals surface area contributed by atoms with Crippen molar-refractivity contribution < 1.29 is 4.79 Å². The minimum Gasteiger partial charge on any atom is -0.356 e. The quantitative estimate of drug-likeness (QED) is 0.669. The summed E-state index contributed by atoms with van der Waals surface area (Å²) in [6.07, 6.45) is 4.39. The molecule has 0 aliphatic carbocycles. The Kier molecular flexibility index (Phi) is 5.16. The SMILES string of the molecule is Cc1nnnn1CCC(=O)NCCc1csc(-c2ncccn2)n1. The third-order valence-electron chi connectivity index (χ3n) is 3.27. The van der Waals surface area contributed by atoms with Gasteiger partial charge in [0, 0.05) is 37.2 Å². The molecule has 0 saturated heterocycles. The lowest BCUT2D eigenvalue weighted by Gasteiger charge is -2.04. The molecule has 0 aliphatic heterocycles. The lowest BCUT2D eigenvalue weighted by molar-refractivity contribution is -0.121. The number of nitrogens with zero attached hydrogens (tertiary/aromatic N) is 7. The Morgan fingerprint density at radius 3 is 2.92 bits per heavy atom. The van der Waals surface area contributed by atoms with E-state index in [1.54, 1.807) is 30.1 Å². The largest absolute Gasteiger partial charge is 0.356 e. The molecule has 1 N–H and O–H groups in total. The predicted octanol–water partition coefficient (Wildman–Crippen LogP) is 0.644. The van der Waals surface area contributed by atoms with Gasteiger partial charge >= 0.3 is 0 Å². The second-order valence-corrected chi connectivity index (χ2v) is 5.87. The number of nitrogens with one attached hydrogen (secondary N) is 1. The van der Waals surface area contributed by atoms with Gasteiger partial charge in [-0.15, -0.1) is 16.4 Å². The molecular weight excluding hydrogens is 328 g/mol. The molecule has 0 saturated carbocycles. The Balaban J connectivity index is 1.42. The minimum absolute atomic E-state index is 0.0354. The smallest absolute Gasteiger partial charge is 0.221 e. The first-order chi connectivity index (χ1) is 11.7. The van der Waals surface area contributed by atoms with Crippen LogP contribution in [0.4, 0.5) is 0 Å². The van der Waals surface area contributed by atoms with Gasteiger partial charge in [-0.3, -0.25) is 4.79 Å². The van der Waals surface area contributed by atoms with Crippen LogP contribution in [0, 0.1) is 6.92 Å². The molecule has 0 radical (unpaired) electrons. The van der Waals surface area contributed by atoms with E-state index in [9.17, 15) is 4.79 Å². The van der Waals surface area contributed by atoms with Crippen LogP contribution in [0.3, 0.4) is 0 Å². The van der Waals surface area contributed by atoms with Crippen LogP contribution in [0.2, 0.25) is 0 Å². The van der Waals surface area contributed by atoms with Gasteiger partial charge in [0.2, 0.25) is 5.91 Å². The topological polar surface area (TPSA) is 111 Å². The van der Waals surface area contributed by atoms with E-state index >= 15 is 0 Å². The molecule has 24 heavy (non-hydrogen) atoms. The zero-order valence-corrected chi connectivity index (χ0v) is 13.9. The van der Waals surface area contributed by atoms with Crippen LogP contribution < -0.4 is 5.32 Å². The number of thiazole rings is 1. The van der Waals surface area contributed by atoms with Crippen molar-refractivity contribution in [2.75, 3.05) is 6.54 Å². The second-order valence-electron chi connectivity index (χ2n) is 5.02. The van der Waals surface area contributed by atoms with Crippen LogP contribution >= 0.6 is 11.3 Å². The maximum absolute atomic E-state index is 11.8. The fourth-order valence-electron chi connectivity index (χ4n) is 2.02. The first kappa shape index (κ1) is 16.1. The fourth-order valence-corrected chi connectivity index (χ4v) is 2.81. The number of rotatable bonds is 7. The molecule has 3 rings (SSSR count). The van der Waals surface area contributed by atoms with E-state index in [0.29, 0.717) is 37.6 Å². The molecule has 0 bridgehead atoms. The van der Waals surface area contributed by atoms with E-state index in [0.717, 1.165) is 10.7 Å². The van der Waals surface area contributed by atoms with E-state index in [-0.39, 0.29) is 5.91 Å². The molecule has 0 fully saturated rings. The van der Waals surface area contributed by atoms with Crippen molar-refractivity contribution in [3.8, 4) is 10.8 Å². The molecule has 3 heterocycles. The fraction of sp³-hybridized carbons (Fsp3) is 0.357.